The van der Waals surface area contributed by atoms with Crippen LogP contribution in [0.2, 0.25) is 0 Å². The number of nitrogen functional groups attached to an aromatic ring is 1. The Morgan fingerprint density at radius 3 is 2.73 bits per heavy atom. The summed E-state index contributed by atoms with van der Waals surface area (Å²) in [6, 6.07) is 11.5. The minimum atomic E-state index is -0.273. The smallest absolute Gasteiger partial charge is 0.261 e. The molecule has 37 heavy (non-hydrogen) atoms. The van der Waals surface area contributed by atoms with Gasteiger partial charge in [-0.3, -0.25) is 9.59 Å². The van der Waals surface area contributed by atoms with Crippen LogP contribution in [0.3, 0.4) is 0 Å². The standard InChI is InChI=1S/C28H24N6O3/c29-25-21-14-37-13-20(21)19-7-4-15(8-22(19)33-25)12-34(23-3-1-2-17-9-32-27(35)24(17)23)28(36)18-10-30-26(31-11-18)16-5-6-16/h1-4,7-8,10-11,16H,5-6,9,12-14H2,(H2,29,33)(H,32,35). The quantitative estimate of drug-likeness (QED) is 0.436. The van der Waals surface area contributed by atoms with Crippen molar-refractivity contribution in [3.63, 3.8) is 0 Å². The number of aromatic nitrogens is 3. The van der Waals surface area contributed by atoms with Crippen molar-refractivity contribution in [1.29, 1.82) is 0 Å². The number of nitrogens with two attached hydrogens (primary N) is 1. The van der Waals surface area contributed by atoms with Crippen LogP contribution >= 0.6 is 0 Å². The largest absolute Gasteiger partial charge is 0.383 e. The minimum absolute atomic E-state index is 0.188. The van der Waals surface area contributed by atoms with Crippen LogP contribution in [0.1, 0.15) is 67.6 Å². The second-order valence-corrected chi connectivity index (χ2v) is 9.79. The van der Waals surface area contributed by atoms with Crippen molar-refractivity contribution in [2.75, 3.05) is 10.6 Å². The van der Waals surface area contributed by atoms with Crippen LogP contribution in [0.25, 0.3) is 10.9 Å². The van der Waals surface area contributed by atoms with Crippen LogP contribution in [-0.2, 0) is 31.0 Å². The second kappa shape index (κ2) is 8.35. The van der Waals surface area contributed by atoms with E-state index in [1.165, 1.54) is 0 Å². The highest BCUT2D eigenvalue weighted by atomic mass is 16.5. The summed E-state index contributed by atoms with van der Waals surface area (Å²) in [6.45, 7) is 1.65. The van der Waals surface area contributed by atoms with Crippen molar-refractivity contribution in [3.05, 3.63) is 88.0 Å². The maximum atomic E-state index is 13.9. The first-order chi connectivity index (χ1) is 18.1. The maximum Gasteiger partial charge on any atom is 0.261 e. The highest BCUT2D eigenvalue weighted by Crippen LogP contribution is 2.38. The van der Waals surface area contributed by atoms with E-state index >= 15 is 0 Å². The van der Waals surface area contributed by atoms with Crippen LogP contribution in [0.4, 0.5) is 11.5 Å². The van der Waals surface area contributed by atoms with E-state index in [0.29, 0.717) is 48.3 Å². The lowest BCUT2D eigenvalue weighted by molar-refractivity contribution is 0.0966. The van der Waals surface area contributed by atoms with Gasteiger partial charge >= 0.3 is 0 Å². The number of carbonyl (C=O) groups excluding carboxylic acids is 2. The monoisotopic (exact) mass is 492 g/mol. The number of nitrogens with zero attached hydrogens (tertiary/aromatic N) is 4. The molecular weight excluding hydrogens is 468 g/mol. The molecule has 0 radical (unpaired) electrons. The number of benzene rings is 2. The van der Waals surface area contributed by atoms with E-state index in [4.69, 9.17) is 10.5 Å². The number of pyridine rings is 1. The number of hydrogen-bond donors (Lipinski definition) is 2. The summed E-state index contributed by atoms with van der Waals surface area (Å²) in [5, 5.41) is 3.86. The van der Waals surface area contributed by atoms with Gasteiger partial charge in [-0.2, -0.15) is 0 Å². The van der Waals surface area contributed by atoms with Crippen molar-refractivity contribution in [3.8, 4) is 0 Å². The van der Waals surface area contributed by atoms with Gasteiger partial charge in [-0.1, -0.05) is 24.3 Å². The summed E-state index contributed by atoms with van der Waals surface area (Å²) in [7, 11) is 0. The van der Waals surface area contributed by atoms with E-state index in [2.05, 4.69) is 20.3 Å². The van der Waals surface area contributed by atoms with E-state index < -0.39 is 0 Å². The average Bonchev–Trinajstić information content (AvgIpc) is 3.52. The molecule has 7 rings (SSSR count). The molecule has 2 aromatic heterocycles. The number of hydrogen-bond acceptors (Lipinski definition) is 7. The van der Waals surface area contributed by atoms with Gasteiger partial charge in [0.25, 0.3) is 11.8 Å². The third kappa shape index (κ3) is 3.70. The molecule has 0 spiro atoms. The molecule has 3 N–H and O–H groups in total. The molecule has 1 fully saturated rings. The normalized spacial score (nSPS) is 15.9. The summed E-state index contributed by atoms with van der Waals surface area (Å²) in [5.74, 6) is 1.18. The summed E-state index contributed by atoms with van der Waals surface area (Å²) in [4.78, 5) is 41.7. The maximum absolute atomic E-state index is 13.9. The molecule has 4 heterocycles. The molecule has 2 aliphatic heterocycles. The zero-order valence-corrected chi connectivity index (χ0v) is 20.0. The molecule has 0 atom stereocenters. The molecule has 9 heteroatoms. The van der Waals surface area contributed by atoms with Crippen LogP contribution in [0.5, 0.6) is 0 Å². The molecule has 2 aromatic carbocycles. The van der Waals surface area contributed by atoms with Gasteiger partial charge in [0, 0.05) is 35.8 Å². The van der Waals surface area contributed by atoms with Crippen LogP contribution in [0.15, 0.2) is 48.8 Å². The summed E-state index contributed by atoms with van der Waals surface area (Å²) < 4.78 is 5.59. The number of amides is 2. The van der Waals surface area contributed by atoms with Gasteiger partial charge in [-0.05, 0) is 41.7 Å². The zero-order valence-electron chi connectivity index (χ0n) is 20.0. The van der Waals surface area contributed by atoms with E-state index in [9.17, 15) is 9.59 Å². The highest BCUT2D eigenvalue weighted by Gasteiger charge is 2.30. The molecule has 1 aliphatic carbocycles. The number of anilines is 2. The molecule has 0 unspecified atom stereocenters. The van der Waals surface area contributed by atoms with Crippen molar-refractivity contribution >= 4 is 34.2 Å². The lowest BCUT2D eigenvalue weighted by Gasteiger charge is -2.25. The van der Waals surface area contributed by atoms with Crippen molar-refractivity contribution < 1.29 is 14.3 Å². The third-order valence-corrected chi connectivity index (χ3v) is 7.33. The predicted molar refractivity (Wildman–Crippen MR) is 137 cm³/mol. The van der Waals surface area contributed by atoms with Gasteiger partial charge in [-0.15, -0.1) is 0 Å². The van der Waals surface area contributed by atoms with Gasteiger partial charge in [0.2, 0.25) is 0 Å². The van der Waals surface area contributed by atoms with Crippen LogP contribution in [0, 0.1) is 0 Å². The fourth-order valence-corrected chi connectivity index (χ4v) is 5.21. The lowest BCUT2D eigenvalue weighted by Crippen LogP contribution is -2.32. The number of carbonyl (C=O) groups is 2. The number of fused-ring (bicyclic) bond motifs is 4. The molecule has 3 aliphatic rings. The van der Waals surface area contributed by atoms with E-state index in [0.717, 1.165) is 51.8 Å². The Hall–Kier alpha value is -4.37. The van der Waals surface area contributed by atoms with Gasteiger partial charge in [0.15, 0.2) is 0 Å². The number of nitrogens with one attached hydrogen (secondary N) is 1. The SMILES string of the molecule is Nc1nc2cc(CN(C(=O)c3cnc(C4CC4)nc3)c3cccc4c3C(=O)NC4)ccc2c2c1COC2. The Balaban J connectivity index is 1.30. The van der Waals surface area contributed by atoms with Gasteiger partial charge in [0.1, 0.15) is 11.6 Å². The van der Waals surface area contributed by atoms with Gasteiger partial charge in [-0.25, -0.2) is 15.0 Å². The molecular formula is C28H24N6O3. The van der Waals surface area contributed by atoms with Crippen LogP contribution in [-0.4, -0.2) is 26.8 Å². The fourth-order valence-electron chi connectivity index (χ4n) is 5.21. The van der Waals surface area contributed by atoms with Crippen molar-refractivity contribution in [2.45, 2.75) is 45.1 Å². The number of ether oxygens (including phenoxy) is 1. The van der Waals surface area contributed by atoms with E-state index in [1.54, 1.807) is 17.3 Å². The van der Waals surface area contributed by atoms with Gasteiger partial charge < -0.3 is 20.7 Å². The third-order valence-electron chi connectivity index (χ3n) is 7.33. The molecule has 184 valence electrons. The summed E-state index contributed by atoms with van der Waals surface area (Å²) in [6.07, 6.45) is 5.34. The molecule has 0 saturated heterocycles. The predicted octanol–water partition coefficient (Wildman–Crippen LogP) is 3.61. The summed E-state index contributed by atoms with van der Waals surface area (Å²) >= 11 is 0. The Kier molecular flexibility index (Phi) is 4.93. The highest BCUT2D eigenvalue weighted by molar-refractivity contribution is 6.11. The zero-order chi connectivity index (χ0) is 25.1. The molecule has 2 amide bonds. The van der Waals surface area contributed by atoms with Gasteiger partial charge in [0.05, 0.1) is 42.1 Å². The molecule has 9 nitrogen and oxygen atoms in total. The molecule has 1 saturated carbocycles. The average molecular weight is 493 g/mol. The van der Waals surface area contributed by atoms with E-state index in [1.807, 2.05) is 36.4 Å². The topological polar surface area (TPSA) is 123 Å². The minimum Gasteiger partial charge on any atom is -0.383 e. The van der Waals surface area contributed by atoms with E-state index in [-0.39, 0.29) is 18.4 Å². The lowest BCUT2D eigenvalue weighted by atomic mass is 10.0. The number of rotatable bonds is 5. The first-order valence-electron chi connectivity index (χ1n) is 12.4. The Bertz CT molecular complexity index is 1600. The fraction of sp³-hybridized carbons (Fsp3) is 0.250. The first-order valence-corrected chi connectivity index (χ1v) is 12.4. The van der Waals surface area contributed by atoms with Crippen molar-refractivity contribution in [1.82, 2.24) is 20.3 Å². The Morgan fingerprint density at radius 1 is 1.11 bits per heavy atom. The summed E-state index contributed by atoms with van der Waals surface area (Å²) in [5.41, 5.74) is 12.1. The Labute approximate surface area is 212 Å². The second-order valence-electron chi connectivity index (χ2n) is 9.79. The van der Waals surface area contributed by atoms with Crippen molar-refractivity contribution in [2.24, 2.45) is 0 Å². The first kappa shape index (κ1) is 21.9. The molecule has 0 bridgehead atoms. The van der Waals surface area contributed by atoms with Crippen LogP contribution < -0.4 is 16.0 Å². The Morgan fingerprint density at radius 2 is 1.92 bits per heavy atom. The molecule has 4 aromatic rings.